The molecule has 1 rings (SSSR count). The Bertz CT molecular complexity index is 321. The van der Waals surface area contributed by atoms with Gasteiger partial charge < -0.3 is 0 Å². The van der Waals surface area contributed by atoms with Gasteiger partial charge >= 0.3 is 6.18 Å². The van der Waals surface area contributed by atoms with Crippen LogP contribution >= 0.6 is 11.6 Å². The van der Waals surface area contributed by atoms with Gasteiger partial charge in [0.15, 0.2) is 0 Å². The highest BCUT2D eigenvalue weighted by Crippen LogP contribution is 2.36. The van der Waals surface area contributed by atoms with Crippen molar-refractivity contribution in [2.45, 2.75) is 18.6 Å². The zero-order valence-corrected chi connectivity index (χ0v) is 7.47. The Morgan fingerprint density at radius 3 is 2.57 bits per heavy atom. The number of alkyl halides is 3. The summed E-state index contributed by atoms with van der Waals surface area (Å²) in [6.07, 6.45) is -3.33. The first kappa shape index (κ1) is 11.0. The maximum atomic E-state index is 12.2. The van der Waals surface area contributed by atoms with Gasteiger partial charge in [-0.05, 0) is 12.2 Å². The van der Waals surface area contributed by atoms with Crippen LogP contribution in [0.25, 0.3) is 0 Å². The van der Waals surface area contributed by atoms with E-state index in [-0.39, 0.29) is 0 Å². The monoisotopic (exact) mass is 227 g/mol. The molecule has 78 valence electrons. The highest BCUT2D eigenvalue weighted by atomic mass is 35.5. The largest absolute Gasteiger partial charge is 0.414 e. The van der Waals surface area contributed by atoms with Crippen molar-refractivity contribution in [2.75, 3.05) is 0 Å². The number of hydrogen-bond donors (Lipinski definition) is 0. The van der Waals surface area contributed by atoms with Crippen LogP contribution in [-0.4, -0.2) is 17.1 Å². The minimum absolute atomic E-state index is 0.476. The molecule has 0 bridgehead atoms. The maximum absolute atomic E-state index is 12.2. The van der Waals surface area contributed by atoms with Crippen LogP contribution in [0.4, 0.5) is 13.2 Å². The van der Waals surface area contributed by atoms with Gasteiger partial charge in [0.2, 0.25) is 6.04 Å². The van der Waals surface area contributed by atoms with E-state index in [0.29, 0.717) is 0 Å². The number of hydrogen-bond acceptors (Lipinski definition) is 2. The van der Waals surface area contributed by atoms with Gasteiger partial charge in [-0.3, -0.25) is 10.1 Å². The highest BCUT2D eigenvalue weighted by molar-refractivity contribution is 6.31. The van der Waals surface area contributed by atoms with Gasteiger partial charge in [-0.2, -0.15) is 13.2 Å². The van der Waals surface area contributed by atoms with Gasteiger partial charge in [0.25, 0.3) is 0 Å². The molecule has 0 aromatic rings. The fraction of sp³-hybridized carbons (Fsp3) is 0.429. The van der Waals surface area contributed by atoms with Crippen LogP contribution in [0.15, 0.2) is 22.8 Å². The van der Waals surface area contributed by atoms with Crippen molar-refractivity contribution in [3.8, 4) is 0 Å². The summed E-state index contributed by atoms with van der Waals surface area (Å²) >= 11 is 5.29. The van der Waals surface area contributed by atoms with E-state index in [9.17, 15) is 23.3 Å². The van der Waals surface area contributed by atoms with Crippen LogP contribution in [0, 0.1) is 10.1 Å². The first-order valence-electron chi connectivity index (χ1n) is 3.60. The molecule has 14 heavy (non-hydrogen) atoms. The molecule has 0 fully saturated rings. The van der Waals surface area contributed by atoms with Gasteiger partial charge in [0.1, 0.15) is 0 Å². The molecular weight excluding hydrogens is 223 g/mol. The summed E-state index contributed by atoms with van der Waals surface area (Å²) in [5, 5.41) is 9.78. The SMILES string of the molecule is O=[N+]([O-])C1C=CC(Cl)=C(C(F)(F)F)C1. The second-order valence-corrected chi connectivity index (χ2v) is 3.15. The summed E-state index contributed by atoms with van der Waals surface area (Å²) in [6.45, 7) is 0. The summed E-state index contributed by atoms with van der Waals surface area (Å²) in [5.41, 5.74) is -1.04. The molecule has 3 nitrogen and oxygen atoms in total. The van der Waals surface area contributed by atoms with Gasteiger partial charge in [0.05, 0.1) is 12.0 Å². The average Bonchev–Trinajstić information content (AvgIpc) is 2.02. The van der Waals surface area contributed by atoms with E-state index in [2.05, 4.69) is 0 Å². The predicted octanol–water partition coefficient (Wildman–Crippen LogP) is 2.65. The molecule has 0 saturated heterocycles. The fourth-order valence-corrected chi connectivity index (χ4v) is 1.32. The molecule has 0 radical (unpaired) electrons. The van der Waals surface area contributed by atoms with E-state index in [1.54, 1.807) is 0 Å². The topological polar surface area (TPSA) is 43.1 Å². The first-order valence-corrected chi connectivity index (χ1v) is 3.97. The minimum atomic E-state index is -4.60. The van der Waals surface area contributed by atoms with E-state index in [4.69, 9.17) is 11.6 Å². The molecule has 0 N–H and O–H groups in total. The average molecular weight is 228 g/mol. The van der Waals surface area contributed by atoms with Crippen LogP contribution in [-0.2, 0) is 0 Å². The summed E-state index contributed by atoms with van der Waals surface area (Å²) in [6, 6.07) is -1.34. The van der Waals surface area contributed by atoms with Crippen molar-refractivity contribution in [3.63, 3.8) is 0 Å². The van der Waals surface area contributed by atoms with Crippen molar-refractivity contribution in [2.24, 2.45) is 0 Å². The van der Waals surface area contributed by atoms with E-state index in [1.165, 1.54) is 0 Å². The summed E-state index contributed by atoms with van der Waals surface area (Å²) in [4.78, 5) is 9.48. The van der Waals surface area contributed by atoms with E-state index in [1.807, 2.05) is 0 Å². The normalized spacial score (nSPS) is 22.7. The molecule has 0 aromatic carbocycles. The second-order valence-electron chi connectivity index (χ2n) is 2.74. The van der Waals surface area contributed by atoms with E-state index < -0.39 is 34.2 Å². The second kappa shape index (κ2) is 3.61. The Kier molecular flexibility index (Phi) is 2.84. The molecule has 0 aliphatic heterocycles. The van der Waals surface area contributed by atoms with Crippen LogP contribution < -0.4 is 0 Å². The van der Waals surface area contributed by atoms with E-state index in [0.717, 1.165) is 12.2 Å². The Morgan fingerprint density at radius 1 is 1.57 bits per heavy atom. The highest BCUT2D eigenvalue weighted by Gasteiger charge is 2.40. The minimum Gasteiger partial charge on any atom is -0.264 e. The van der Waals surface area contributed by atoms with E-state index >= 15 is 0 Å². The summed E-state index contributed by atoms with van der Waals surface area (Å²) in [7, 11) is 0. The molecule has 1 unspecified atom stereocenters. The summed E-state index contributed by atoms with van der Waals surface area (Å²) in [5.74, 6) is 0. The zero-order valence-electron chi connectivity index (χ0n) is 6.71. The fourth-order valence-electron chi connectivity index (χ4n) is 1.07. The first-order chi connectivity index (χ1) is 6.32. The molecule has 0 amide bonds. The molecule has 0 aromatic heterocycles. The smallest absolute Gasteiger partial charge is 0.264 e. The standard InChI is InChI=1S/C7H5ClF3NO2/c8-6-2-1-4(12(13)14)3-5(6)7(9,10)11/h1-2,4H,3H2. The van der Waals surface area contributed by atoms with Gasteiger partial charge in [-0.25, -0.2) is 0 Å². The molecule has 0 heterocycles. The van der Waals surface area contributed by atoms with Crippen molar-refractivity contribution in [1.82, 2.24) is 0 Å². The van der Waals surface area contributed by atoms with Crippen molar-refractivity contribution >= 4 is 11.6 Å². The molecule has 1 aliphatic rings. The predicted molar refractivity (Wildman–Crippen MR) is 43.5 cm³/mol. The number of nitrogens with zero attached hydrogens (tertiary/aromatic N) is 1. The maximum Gasteiger partial charge on any atom is 0.414 e. The lowest BCUT2D eigenvalue weighted by molar-refractivity contribution is -0.509. The van der Waals surface area contributed by atoms with Crippen molar-refractivity contribution in [3.05, 3.63) is 32.9 Å². The quantitative estimate of drug-likeness (QED) is 0.511. The van der Waals surface area contributed by atoms with Gasteiger partial charge in [0, 0.05) is 9.96 Å². The van der Waals surface area contributed by atoms with Gasteiger partial charge in [-0.1, -0.05) is 11.6 Å². The van der Waals surface area contributed by atoms with Crippen LogP contribution in [0.5, 0.6) is 0 Å². The van der Waals surface area contributed by atoms with Crippen LogP contribution in [0.1, 0.15) is 6.42 Å². The third kappa shape index (κ3) is 2.25. The third-order valence-electron chi connectivity index (χ3n) is 1.78. The number of rotatable bonds is 1. The Balaban J connectivity index is 2.95. The lowest BCUT2D eigenvalue weighted by Crippen LogP contribution is -2.25. The molecule has 7 heteroatoms. The van der Waals surface area contributed by atoms with Gasteiger partial charge in [-0.15, -0.1) is 0 Å². The van der Waals surface area contributed by atoms with Crippen LogP contribution in [0.3, 0.4) is 0 Å². The van der Waals surface area contributed by atoms with Crippen molar-refractivity contribution in [1.29, 1.82) is 0 Å². The lowest BCUT2D eigenvalue weighted by Gasteiger charge is -2.17. The number of allylic oxidation sites excluding steroid dienone is 2. The van der Waals surface area contributed by atoms with Crippen LogP contribution in [0.2, 0.25) is 0 Å². The third-order valence-corrected chi connectivity index (χ3v) is 2.13. The molecular formula is C7H5ClF3NO2. The molecule has 1 atom stereocenters. The number of nitro groups is 1. The van der Waals surface area contributed by atoms with Crippen molar-refractivity contribution < 1.29 is 18.1 Å². The Labute approximate surface area is 82.0 Å². The molecule has 1 aliphatic carbocycles. The zero-order chi connectivity index (χ0) is 10.9. The lowest BCUT2D eigenvalue weighted by atomic mass is 10.0. The Morgan fingerprint density at radius 2 is 2.14 bits per heavy atom. The molecule has 0 spiro atoms. The Hall–Kier alpha value is -1.04. The summed E-state index contributed by atoms with van der Waals surface area (Å²) < 4.78 is 36.7. The molecule has 0 saturated carbocycles. The number of halogens is 4.